The maximum atomic E-state index is 12.0. The van der Waals surface area contributed by atoms with Crippen molar-refractivity contribution in [3.8, 4) is 0 Å². The Bertz CT molecular complexity index is 1020. The standard InChI is InChI=1S/C22H25NO8S/c1-12(24)28-11-18-19(29-13(2)25)20(30-14(3)26)21(31-15(4)27)22(32-18)23-10-9-16-7-5-6-8-17(16)23/h5-10,18-22H,11H2,1-4H3/t18-,19+,20-,21+,22-/m0/s1. The molecule has 0 spiro atoms. The molecule has 1 aromatic carbocycles. The average Bonchev–Trinajstić information content (AvgIpc) is 3.12. The number of ether oxygens (including phenoxy) is 4. The molecule has 1 saturated heterocycles. The van der Waals surface area contributed by atoms with Gasteiger partial charge in [0.25, 0.3) is 0 Å². The van der Waals surface area contributed by atoms with E-state index in [9.17, 15) is 19.2 Å². The Hall–Kier alpha value is -3.01. The van der Waals surface area contributed by atoms with Crippen LogP contribution in [-0.4, -0.2) is 58.6 Å². The molecular formula is C22H25NO8S. The fraction of sp³-hybridized carbons (Fsp3) is 0.455. The second-order valence-corrected chi connectivity index (χ2v) is 8.73. The number of para-hydroxylation sites is 1. The molecule has 0 amide bonds. The zero-order chi connectivity index (χ0) is 23.4. The van der Waals surface area contributed by atoms with Gasteiger partial charge >= 0.3 is 23.9 Å². The molecule has 2 aromatic rings. The van der Waals surface area contributed by atoms with Gasteiger partial charge in [-0.1, -0.05) is 18.2 Å². The van der Waals surface area contributed by atoms with Crippen LogP contribution in [0.4, 0.5) is 0 Å². The van der Waals surface area contributed by atoms with Crippen LogP contribution in [0.2, 0.25) is 0 Å². The van der Waals surface area contributed by atoms with Gasteiger partial charge in [0.2, 0.25) is 0 Å². The normalized spacial score (nSPS) is 25.1. The van der Waals surface area contributed by atoms with Gasteiger partial charge in [-0.25, -0.2) is 0 Å². The number of thioether (sulfide) groups is 1. The fourth-order valence-electron chi connectivity index (χ4n) is 3.76. The summed E-state index contributed by atoms with van der Waals surface area (Å²) in [5.74, 6) is -2.30. The predicted octanol–water partition coefficient (Wildman–Crippen LogP) is 2.61. The Morgan fingerprint density at radius 3 is 2.03 bits per heavy atom. The van der Waals surface area contributed by atoms with Crippen molar-refractivity contribution >= 4 is 46.5 Å². The van der Waals surface area contributed by atoms with Crippen molar-refractivity contribution in [2.75, 3.05) is 6.61 Å². The highest BCUT2D eigenvalue weighted by molar-refractivity contribution is 8.00. The van der Waals surface area contributed by atoms with Crippen LogP contribution < -0.4 is 0 Å². The lowest BCUT2D eigenvalue weighted by Gasteiger charge is -2.44. The Morgan fingerprint density at radius 2 is 1.41 bits per heavy atom. The van der Waals surface area contributed by atoms with Gasteiger partial charge in [-0.2, -0.15) is 0 Å². The quantitative estimate of drug-likeness (QED) is 0.471. The molecule has 0 aliphatic carbocycles. The summed E-state index contributed by atoms with van der Waals surface area (Å²) in [6, 6.07) is 9.57. The number of aromatic nitrogens is 1. The molecule has 0 radical (unpaired) electrons. The van der Waals surface area contributed by atoms with E-state index in [0.29, 0.717) is 0 Å². The number of hydrogen-bond acceptors (Lipinski definition) is 9. The summed E-state index contributed by atoms with van der Waals surface area (Å²) < 4.78 is 23.8. The van der Waals surface area contributed by atoms with E-state index in [1.54, 1.807) is 0 Å². The molecule has 3 rings (SSSR count). The van der Waals surface area contributed by atoms with Gasteiger partial charge in [-0.3, -0.25) is 19.2 Å². The van der Waals surface area contributed by atoms with Crippen molar-refractivity contribution in [3.05, 3.63) is 36.5 Å². The zero-order valence-corrected chi connectivity index (χ0v) is 19.0. The molecule has 1 aliphatic rings. The van der Waals surface area contributed by atoms with Crippen molar-refractivity contribution < 1.29 is 38.1 Å². The van der Waals surface area contributed by atoms with Crippen LogP contribution >= 0.6 is 11.8 Å². The maximum absolute atomic E-state index is 12.0. The molecule has 9 nitrogen and oxygen atoms in total. The molecule has 0 bridgehead atoms. The second-order valence-electron chi connectivity index (χ2n) is 7.37. The minimum Gasteiger partial charge on any atom is -0.465 e. The highest BCUT2D eigenvalue weighted by Crippen LogP contribution is 2.45. The third-order valence-corrected chi connectivity index (χ3v) is 6.40. The van der Waals surface area contributed by atoms with Crippen molar-refractivity contribution in [1.29, 1.82) is 0 Å². The van der Waals surface area contributed by atoms with E-state index in [0.717, 1.165) is 10.9 Å². The van der Waals surface area contributed by atoms with E-state index < -0.39 is 52.8 Å². The van der Waals surface area contributed by atoms with E-state index in [1.165, 1.54) is 39.5 Å². The van der Waals surface area contributed by atoms with Gasteiger partial charge in [0, 0.05) is 39.4 Å². The van der Waals surface area contributed by atoms with Gasteiger partial charge in [-0.15, -0.1) is 11.8 Å². The Kier molecular flexibility index (Phi) is 7.44. The summed E-state index contributed by atoms with van der Waals surface area (Å²) in [6.07, 6.45) is -1.22. The van der Waals surface area contributed by atoms with E-state index in [4.69, 9.17) is 18.9 Å². The molecule has 32 heavy (non-hydrogen) atoms. The zero-order valence-electron chi connectivity index (χ0n) is 18.2. The van der Waals surface area contributed by atoms with Crippen LogP contribution in [0.25, 0.3) is 10.9 Å². The number of esters is 4. The van der Waals surface area contributed by atoms with Crippen molar-refractivity contribution in [1.82, 2.24) is 4.57 Å². The third kappa shape index (κ3) is 5.42. The highest BCUT2D eigenvalue weighted by Gasteiger charge is 2.52. The first-order chi connectivity index (χ1) is 15.2. The summed E-state index contributed by atoms with van der Waals surface area (Å²) in [7, 11) is 0. The van der Waals surface area contributed by atoms with E-state index >= 15 is 0 Å². The molecule has 2 heterocycles. The van der Waals surface area contributed by atoms with E-state index in [1.807, 2.05) is 41.1 Å². The number of fused-ring (bicyclic) bond motifs is 1. The lowest BCUT2D eigenvalue weighted by Crippen LogP contribution is -2.57. The molecule has 1 aliphatic heterocycles. The summed E-state index contributed by atoms with van der Waals surface area (Å²) >= 11 is 1.32. The SMILES string of the molecule is CC(=O)OC[C@@H]1S[C@H](n2ccc3ccccc32)[C@H](OC(C)=O)[C@@H](OC(C)=O)[C@@H]1OC(C)=O. The highest BCUT2D eigenvalue weighted by atomic mass is 32.2. The topological polar surface area (TPSA) is 110 Å². The molecular weight excluding hydrogens is 438 g/mol. The summed E-state index contributed by atoms with van der Waals surface area (Å²) in [5, 5.41) is -0.155. The number of carbonyl (C=O) groups excluding carboxylic acids is 4. The van der Waals surface area contributed by atoms with Gasteiger partial charge in [0.15, 0.2) is 18.3 Å². The maximum Gasteiger partial charge on any atom is 0.303 e. The monoisotopic (exact) mass is 463 g/mol. The van der Waals surface area contributed by atoms with Gasteiger partial charge in [0.1, 0.15) is 12.0 Å². The molecule has 5 atom stereocenters. The molecule has 0 unspecified atom stereocenters. The summed E-state index contributed by atoms with van der Waals surface area (Å²) in [5.41, 5.74) is 0.876. The second kappa shape index (κ2) is 10.1. The molecule has 1 aromatic heterocycles. The first-order valence-electron chi connectivity index (χ1n) is 10.0. The lowest BCUT2D eigenvalue weighted by molar-refractivity contribution is -0.187. The van der Waals surface area contributed by atoms with Gasteiger partial charge in [0.05, 0.1) is 5.25 Å². The van der Waals surface area contributed by atoms with Crippen molar-refractivity contribution in [2.24, 2.45) is 0 Å². The van der Waals surface area contributed by atoms with Crippen molar-refractivity contribution in [2.45, 2.75) is 56.6 Å². The minimum absolute atomic E-state index is 0.0851. The van der Waals surface area contributed by atoms with Crippen LogP contribution in [0.15, 0.2) is 36.5 Å². The summed E-state index contributed by atoms with van der Waals surface area (Å²) in [6.45, 7) is 4.89. The average molecular weight is 464 g/mol. The Morgan fingerprint density at radius 1 is 0.812 bits per heavy atom. The number of carbonyl (C=O) groups is 4. The van der Waals surface area contributed by atoms with Gasteiger partial charge in [-0.05, 0) is 17.5 Å². The lowest BCUT2D eigenvalue weighted by atomic mass is 10.0. The minimum atomic E-state index is -1.10. The van der Waals surface area contributed by atoms with Gasteiger partial charge < -0.3 is 23.5 Å². The number of hydrogen-bond donors (Lipinski definition) is 0. The van der Waals surface area contributed by atoms with Crippen LogP contribution in [-0.2, 0) is 38.1 Å². The van der Waals surface area contributed by atoms with E-state index in [-0.39, 0.29) is 6.61 Å². The third-order valence-electron chi connectivity index (χ3n) is 4.87. The first-order valence-corrected chi connectivity index (χ1v) is 11.0. The number of nitrogens with zero attached hydrogens (tertiary/aromatic N) is 1. The van der Waals surface area contributed by atoms with Crippen LogP contribution in [0.1, 0.15) is 33.1 Å². The van der Waals surface area contributed by atoms with Crippen molar-refractivity contribution in [3.63, 3.8) is 0 Å². The molecule has 0 N–H and O–H groups in total. The number of benzene rings is 1. The van der Waals surface area contributed by atoms with Crippen LogP contribution in [0.3, 0.4) is 0 Å². The predicted molar refractivity (Wildman–Crippen MR) is 116 cm³/mol. The molecule has 0 saturated carbocycles. The Balaban J connectivity index is 2.10. The molecule has 10 heteroatoms. The van der Waals surface area contributed by atoms with E-state index in [2.05, 4.69) is 0 Å². The van der Waals surface area contributed by atoms with Crippen LogP contribution in [0.5, 0.6) is 0 Å². The first kappa shape index (κ1) is 23.6. The molecule has 172 valence electrons. The number of rotatable bonds is 6. The molecule has 1 fully saturated rings. The fourth-order valence-corrected chi connectivity index (χ4v) is 5.31. The Labute approximate surface area is 189 Å². The summed E-state index contributed by atoms with van der Waals surface area (Å²) in [4.78, 5) is 47.3. The largest absolute Gasteiger partial charge is 0.465 e. The smallest absolute Gasteiger partial charge is 0.303 e. The van der Waals surface area contributed by atoms with Crippen LogP contribution in [0, 0.1) is 0 Å².